The van der Waals surface area contributed by atoms with Crippen molar-refractivity contribution in [1.29, 1.82) is 0 Å². The van der Waals surface area contributed by atoms with E-state index >= 15 is 0 Å². The Labute approximate surface area is 90.5 Å². The first kappa shape index (κ1) is 13.9. The van der Waals surface area contributed by atoms with Crippen LogP contribution < -0.4 is 5.32 Å². The number of carbonyl (C=O) groups is 2. The van der Waals surface area contributed by atoms with Gasteiger partial charge in [-0.2, -0.15) is 0 Å². The van der Waals surface area contributed by atoms with Crippen LogP contribution in [0.3, 0.4) is 0 Å². The summed E-state index contributed by atoms with van der Waals surface area (Å²) in [6, 6.07) is -0.479. The minimum atomic E-state index is -0.822. The topological polar surface area (TPSA) is 69.6 Å². The van der Waals surface area contributed by atoms with Gasteiger partial charge in [-0.15, -0.1) is 0 Å². The number of hydrogen-bond donors (Lipinski definition) is 2. The molecule has 0 aromatic carbocycles. The first-order valence-electron chi connectivity index (χ1n) is 5.10. The van der Waals surface area contributed by atoms with Crippen molar-refractivity contribution in [2.75, 3.05) is 20.6 Å². The van der Waals surface area contributed by atoms with Gasteiger partial charge in [-0.05, 0) is 26.3 Å². The highest BCUT2D eigenvalue weighted by molar-refractivity contribution is 5.73. The van der Waals surface area contributed by atoms with Crippen LogP contribution >= 0.6 is 0 Å². The Hall–Kier alpha value is -1.10. The van der Waals surface area contributed by atoms with Crippen LogP contribution in [-0.2, 0) is 9.59 Å². The fourth-order valence-electron chi connectivity index (χ4n) is 1.25. The monoisotopic (exact) mass is 216 g/mol. The van der Waals surface area contributed by atoms with E-state index in [9.17, 15) is 9.59 Å². The van der Waals surface area contributed by atoms with Crippen LogP contribution in [0, 0.1) is 0 Å². The van der Waals surface area contributed by atoms with Crippen molar-refractivity contribution in [3.8, 4) is 0 Å². The molecule has 5 nitrogen and oxygen atoms in total. The lowest BCUT2D eigenvalue weighted by Gasteiger charge is -2.15. The van der Waals surface area contributed by atoms with Gasteiger partial charge in [0.25, 0.3) is 0 Å². The van der Waals surface area contributed by atoms with Crippen LogP contribution in [0.5, 0.6) is 0 Å². The molecule has 88 valence electrons. The molecule has 0 saturated carbocycles. The summed E-state index contributed by atoms with van der Waals surface area (Å²) in [6.45, 7) is 2.21. The minimum absolute atomic E-state index is 0.0402. The number of amides is 1. The number of carboxylic acid groups (broad SMARTS) is 1. The quantitative estimate of drug-likeness (QED) is 0.601. The standard InChI is InChI=1S/C10H20N2O3/c1-8(13)12(3)7-5-4-6-9(11-2)10(14)15/h9,11H,4-7H2,1-3H3,(H,14,15)/t9-/m0/s1. The lowest BCUT2D eigenvalue weighted by atomic mass is 10.1. The second-order valence-electron chi connectivity index (χ2n) is 3.62. The lowest BCUT2D eigenvalue weighted by molar-refractivity contribution is -0.139. The fraction of sp³-hybridized carbons (Fsp3) is 0.800. The third-order valence-electron chi connectivity index (χ3n) is 2.42. The average Bonchev–Trinajstić information content (AvgIpc) is 2.16. The average molecular weight is 216 g/mol. The molecule has 0 heterocycles. The fourth-order valence-corrected chi connectivity index (χ4v) is 1.25. The maximum absolute atomic E-state index is 10.9. The highest BCUT2D eigenvalue weighted by atomic mass is 16.4. The zero-order chi connectivity index (χ0) is 11.8. The van der Waals surface area contributed by atoms with Gasteiger partial charge in [0, 0.05) is 20.5 Å². The third kappa shape index (κ3) is 6.06. The van der Waals surface area contributed by atoms with Crippen molar-refractivity contribution in [1.82, 2.24) is 10.2 Å². The number of unbranched alkanes of at least 4 members (excludes halogenated alkanes) is 1. The Morgan fingerprint density at radius 2 is 2.00 bits per heavy atom. The van der Waals surface area contributed by atoms with E-state index in [4.69, 9.17) is 5.11 Å². The van der Waals surface area contributed by atoms with E-state index in [2.05, 4.69) is 5.32 Å². The summed E-state index contributed by atoms with van der Waals surface area (Å²) in [4.78, 5) is 23.1. The van der Waals surface area contributed by atoms with Gasteiger partial charge in [0.1, 0.15) is 6.04 Å². The van der Waals surface area contributed by atoms with E-state index in [0.717, 1.165) is 12.8 Å². The molecule has 2 N–H and O–H groups in total. The molecular weight excluding hydrogens is 196 g/mol. The minimum Gasteiger partial charge on any atom is -0.480 e. The smallest absolute Gasteiger partial charge is 0.320 e. The molecule has 0 aliphatic heterocycles. The first-order valence-corrected chi connectivity index (χ1v) is 5.10. The van der Waals surface area contributed by atoms with Crippen LogP contribution in [0.25, 0.3) is 0 Å². The highest BCUT2D eigenvalue weighted by Gasteiger charge is 2.13. The zero-order valence-electron chi connectivity index (χ0n) is 9.62. The summed E-state index contributed by atoms with van der Waals surface area (Å²) >= 11 is 0. The van der Waals surface area contributed by atoms with Crippen molar-refractivity contribution < 1.29 is 14.7 Å². The number of carboxylic acids is 1. The molecule has 0 saturated heterocycles. The summed E-state index contributed by atoms with van der Waals surface area (Å²) in [5.74, 6) is -0.782. The molecule has 0 aliphatic rings. The van der Waals surface area contributed by atoms with Crippen molar-refractivity contribution in [2.45, 2.75) is 32.2 Å². The summed E-state index contributed by atoms with van der Waals surface area (Å²) in [6.07, 6.45) is 2.23. The molecule has 0 radical (unpaired) electrons. The van der Waals surface area contributed by atoms with Crippen LogP contribution in [0.2, 0.25) is 0 Å². The second kappa shape index (κ2) is 7.23. The van der Waals surface area contributed by atoms with Gasteiger partial charge in [-0.1, -0.05) is 0 Å². The van der Waals surface area contributed by atoms with Gasteiger partial charge in [-0.25, -0.2) is 0 Å². The molecule has 0 aromatic rings. The third-order valence-corrected chi connectivity index (χ3v) is 2.42. The number of hydrogen-bond acceptors (Lipinski definition) is 3. The van der Waals surface area contributed by atoms with Gasteiger partial charge in [0.05, 0.1) is 0 Å². The number of carbonyl (C=O) groups excluding carboxylic acids is 1. The van der Waals surface area contributed by atoms with Gasteiger partial charge >= 0.3 is 5.97 Å². The van der Waals surface area contributed by atoms with Crippen molar-refractivity contribution in [3.63, 3.8) is 0 Å². The SMILES string of the molecule is CN[C@@H](CCCCN(C)C(C)=O)C(=O)O. The molecule has 0 bridgehead atoms. The number of aliphatic carboxylic acids is 1. The normalized spacial score (nSPS) is 12.2. The van der Waals surface area contributed by atoms with Gasteiger partial charge < -0.3 is 15.3 Å². The number of rotatable bonds is 7. The molecule has 5 heteroatoms. The van der Waals surface area contributed by atoms with Crippen LogP contribution in [0.1, 0.15) is 26.2 Å². The second-order valence-corrected chi connectivity index (χ2v) is 3.62. The van der Waals surface area contributed by atoms with Crippen LogP contribution in [0.4, 0.5) is 0 Å². The lowest BCUT2D eigenvalue weighted by Crippen LogP contribution is -2.34. The molecule has 1 amide bonds. The zero-order valence-corrected chi connectivity index (χ0v) is 9.62. The Kier molecular flexibility index (Phi) is 6.70. The summed E-state index contributed by atoms with van der Waals surface area (Å²) in [5, 5.41) is 11.5. The maximum atomic E-state index is 10.9. The largest absolute Gasteiger partial charge is 0.480 e. The van der Waals surface area contributed by atoms with E-state index in [1.807, 2.05) is 0 Å². The van der Waals surface area contributed by atoms with E-state index in [-0.39, 0.29) is 5.91 Å². The molecule has 0 unspecified atom stereocenters. The molecule has 0 aliphatic carbocycles. The molecular formula is C10H20N2O3. The molecule has 15 heavy (non-hydrogen) atoms. The van der Waals surface area contributed by atoms with E-state index in [1.54, 1.807) is 19.0 Å². The van der Waals surface area contributed by atoms with Crippen LogP contribution in [0.15, 0.2) is 0 Å². The number of nitrogens with one attached hydrogen (secondary N) is 1. The number of nitrogens with zero attached hydrogens (tertiary/aromatic N) is 1. The molecule has 0 aromatic heterocycles. The highest BCUT2D eigenvalue weighted by Crippen LogP contribution is 2.02. The van der Waals surface area contributed by atoms with Crippen molar-refractivity contribution in [3.05, 3.63) is 0 Å². The van der Waals surface area contributed by atoms with Gasteiger partial charge in [0.15, 0.2) is 0 Å². The Morgan fingerprint density at radius 3 is 2.40 bits per heavy atom. The molecule has 1 atom stereocenters. The molecule has 0 rings (SSSR count). The van der Waals surface area contributed by atoms with Crippen LogP contribution in [-0.4, -0.2) is 48.6 Å². The summed E-state index contributed by atoms with van der Waals surface area (Å²) < 4.78 is 0. The summed E-state index contributed by atoms with van der Waals surface area (Å²) in [5.41, 5.74) is 0. The van der Waals surface area contributed by atoms with E-state index < -0.39 is 12.0 Å². The summed E-state index contributed by atoms with van der Waals surface area (Å²) in [7, 11) is 3.38. The van der Waals surface area contributed by atoms with Crippen molar-refractivity contribution in [2.24, 2.45) is 0 Å². The Morgan fingerprint density at radius 1 is 1.40 bits per heavy atom. The Balaban J connectivity index is 3.61. The maximum Gasteiger partial charge on any atom is 0.320 e. The molecule has 0 fully saturated rings. The van der Waals surface area contributed by atoms with Gasteiger partial charge in [-0.3, -0.25) is 9.59 Å². The predicted octanol–water partition coefficient (Wildman–Crippen LogP) is 0.308. The van der Waals surface area contributed by atoms with Crippen molar-refractivity contribution >= 4 is 11.9 Å². The predicted molar refractivity (Wildman–Crippen MR) is 57.6 cm³/mol. The first-order chi connectivity index (χ1) is 6.99. The van der Waals surface area contributed by atoms with Gasteiger partial charge in [0.2, 0.25) is 5.91 Å². The van der Waals surface area contributed by atoms with E-state index in [0.29, 0.717) is 13.0 Å². The number of likely N-dealkylation sites (N-methyl/N-ethyl adjacent to an activating group) is 1. The molecule has 0 spiro atoms. The Bertz CT molecular complexity index is 219. The van der Waals surface area contributed by atoms with E-state index in [1.165, 1.54) is 6.92 Å².